The molecule has 2 rings (SSSR count). The van der Waals surface area contributed by atoms with E-state index in [0.29, 0.717) is 0 Å². The molecule has 0 amide bonds. The minimum Gasteiger partial charge on any atom is -0.396 e. The van der Waals surface area contributed by atoms with Gasteiger partial charge in [0.15, 0.2) is 5.65 Å². The van der Waals surface area contributed by atoms with Gasteiger partial charge in [-0.3, -0.25) is 5.10 Å². The average molecular weight is 177 g/mol. The lowest BCUT2D eigenvalue weighted by Gasteiger charge is -1.97. The number of nitrogens with one attached hydrogen (secondary N) is 1. The number of aromatic amines is 1. The molecule has 0 aliphatic rings. The zero-order chi connectivity index (χ0) is 9.10. The first kappa shape index (κ1) is 8.19. The number of fused-ring (bicyclic) bond motifs is 1. The maximum absolute atomic E-state index is 8.66. The van der Waals surface area contributed by atoms with Crippen molar-refractivity contribution in [3.63, 3.8) is 0 Å². The van der Waals surface area contributed by atoms with E-state index in [4.69, 9.17) is 5.11 Å². The molecule has 2 heterocycles. The largest absolute Gasteiger partial charge is 0.396 e. The van der Waals surface area contributed by atoms with Gasteiger partial charge in [-0.15, -0.1) is 0 Å². The summed E-state index contributed by atoms with van der Waals surface area (Å²) in [6.07, 6.45) is 5.22. The normalized spacial score (nSPS) is 10.8. The predicted molar refractivity (Wildman–Crippen MR) is 49.3 cm³/mol. The number of hydrogen-bond donors (Lipinski definition) is 2. The van der Waals surface area contributed by atoms with Gasteiger partial charge in [0.05, 0.1) is 6.20 Å². The van der Waals surface area contributed by atoms with Gasteiger partial charge in [-0.05, 0) is 24.5 Å². The van der Waals surface area contributed by atoms with Gasteiger partial charge in [-0.1, -0.05) is 0 Å². The molecule has 13 heavy (non-hydrogen) atoms. The Hall–Kier alpha value is -1.42. The Balaban J connectivity index is 2.26. The van der Waals surface area contributed by atoms with Crippen molar-refractivity contribution in [1.29, 1.82) is 0 Å². The zero-order valence-electron chi connectivity index (χ0n) is 7.20. The zero-order valence-corrected chi connectivity index (χ0v) is 7.20. The number of rotatable bonds is 3. The molecule has 2 aromatic heterocycles. The van der Waals surface area contributed by atoms with E-state index in [1.165, 1.54) is 0 Å². The molecule has 0 saturated heterocycles. The molecule has 0 spiro atoms. The van der Waals surface area contributed by atoms with Crippen LogP contribution in [0.15, 0.2) is 18.5 Å². The SMILES string of the molecule is OCCCc1cnc2[nH]ncc2c1. The molecule has 4 nitrogen and oxygen atoms in total. The number of aromatic nitrogens is 3. The third kappa shape index (κ3) is 1.67. The van der Waals surface area contributed by atoms with E-state index in [9.17, 15) is 0 Å². The second-order valence-electron chi connectivity index (χ2n) is 2.98. The second-order valence-corrected chi connectivity index (χ2v) is 2.98. The van der Waals surface area contributed by atoms with Gasteiger partial charge in [0.2, 0.25) is 0 Å². The van der Waals surface area contributed by atoms with Gasteiger partial charge in [-0.2, -0.15) is 5.10 Å². The third-order valence-corrected chi connectivity index (χ3v) is 1.97. The van der Waals surface area contributed by atoms with E-state index < -0.39 is 0 Å². The first-order valence-corrected chi connectivity index (χ1v) is 4.29. The maximum Gasteiger partial charge on any atom is 0.155 e. The summed E-state index contributed by atoms with van der Waals surface area (Å²) in [6.45, 7) is 0.226. The molecule has 0 aromatic carbocycles. The van der Waals surface area contributed by atoms with Gasteiger partial charge in [0, 0.05) is 18.2 Å². The molecular formula is C9H11N3O. The summed E-state index contributed by atoms with van der Waals surface area (Å²) >= 11 is 0. The molecule has 0 bridgehead atoms. The van der Waals surface area contributed by atoms with Gasteiger partial charge in [-0.25, -0.2) is 4.98 Å². The minimum absolute atomic E-state index is 0.226. The Kier molecular flexibility index (Phi) is 2.23. The Labute approximate surface area is 75.6 Å². The van der Waals surface area contributed by atoms with Crippen LogP contribution in [0.2, 0.25) is 0 Å². The highest BCUT2D eigenvalue weighted by atomic mass is 16.2. The van der Waals surface area contributed by atoms with Crippen LogP contribution in [-0.2, 0) is 6.42 Å². The molecule has 68 valence electrons. The summed E-state index contributed by atoms with van der Waals surface area (Å²) < 4.78 is 0. The van der Waals surface area contributed by atoms with Crippen LogP contribution in [0.3, 0.4) is 0 Å². The van der Waals surface area contributed by atoms with Crippen molar-refractivity contribution in [1.82, 2.24) is 15.2 Å². The van der Waals surface area contributed by atoms with Crippen LogP contribution >= 0.6 is 0 Å². The molecule has 2 aromatic rings. The van der Waals surface area contributed by atoms with Gasteiger partial charge in [0.1, 0.15) is 0 Å². The van der Waals surface area contributed by atoms with Crippen molar-refractivity contribution >= 4 is 11.0 Å². The smallest absolute Gasteiger partial charge is 0.155 e. The number of aliphatic hydroxyl groups excluding tert-OH is 1. The Morgan fingerprint density at radius 2 is 2.31 bits per heavy atom. The number of hydrogen-bond acceptors (Lipinski definition) is 3. The van der Waals surface area contributed by atoms with Crippen molar-refractivity contribution in [3.8, 4) is 0 Å². The summed E-state index contributed by atoms with van der Waals surface area (Å²) in [7, 11) is 0. The summed E-state index contributed by atoms with van der Waals surface area (Å²) in [5.41, 5.74) is 1.95. The van der Waals surface area contributed by atoms with Crippen LogP contribution in [0.4, 0.5) is 0 Å². The minimum atomic E-state index is 0.226. The fourth-order valence-electron chi connectivity index (χ4n) is 1.30. The molecule has 0 aliphatic carbocycles. The molecular weight excluding hydrogens is 166 g/mol. The lowest BCUT2D eigenvalue weighted by atomic mass is 10.1. The maximum atomic E-state index is 8.66. The van der Waals surface area contributed by atoms with E-state index in [-0.39, 0.29) is 6.61 Å². The van der Waals surface area contributed by atoms with Crippen molar-refractivity contribution in [2.75, 3.05) is 6.61 Å². The monoisotopic (exact) mass is 177 g/mol. The van der Waals surface area contributed by atoms with Crippen LogP contribution in [0.5, 0.6) is 0 Å². The fourth-order valence-corrected chi connectivity index (χ4v) is 1.30. The van der Waals surface area contributed by atoms with E-state index in [2.05, 4.69) is 15.2 Å². The highest BCUT2D eigenvalue weighted by molar-refractivity contribution is 5.73. The number of nitrogens with zero attached hydrogens (tertiary/aromatic N) is 2. The Morgan fingerprint density at radius 3 is 3.15 bits per heavy atom. The predicted octanol–water partition coefficient (Wildman–Crippen LogP) is 0.883. The molecule has 0 unspecified atom stereocenters. The van der Waals surface area contributed by atoms with Gasteiger partial charge >= 0.3 is 0 Å². The van der Waals surface area contributed by atoms with Crippen molar-refractivity contribution in [2.45, 2.75) is 12.8 Å². The summed E-state index contributed by atoms with van der Waals surface area (Å²) in [6, 6.07) is 2.04. The number of pyridine rings is 1. The topological polar surface area (TPSA) is 61.8 Å². The average Bonchev–Trinajstić information content (AvgIpc) is 2.61. The molecule has 0 atom stereocenters. The van der Waals surface area contributed by atoms with E-state index >= 15 is 0 Å². The number of aliphatic hydroxyl groups is 1. The lowest BCUT2D eigenvalue weighted by Crippen LogP contribution is -1.90. The van der Waals surface area contributed by atoms with Crippen LogP contribution in [0, 0.1) is 0 Å². The van der Waals surface area contributed by atoms with Crippen molar-refractivity contribution in [2.24, 2.45) is 0 Å². The first-order chi connectivity index (χ1) is 6.40. The highest BCUT2D eigenvalue weighted by Gasteiger charge is 1.98. The van der Waals surface area contributed by atoms with Crippen molar-refractivity contribution in [3.05, 3.63) is 24.0 Å². The summed E-state index contributed by atoms with van der Waals surface area (Å²) in [5.74, 6) is 0. The van der Waals surface area contributed by atoms with Crippen LogP contribution in [0.25, 0.3) is 11.0 Å². The second kappa shape index (κ2) is 3.53. The molecule has 0 radical (unpaired) electrons. The Bertz CT molecular complexity index is 396. The van der Waals surface area contributed by atoms with Crippen molar-refractivity contribution < 1.29 is 5.11 Å². The first-order valence-electron chi connectivity index (χ1n) is 4.29. The molecule has 0 saturated carbocycles. The quantitative estimate of drug-likeness (QED) is 0.731. The van der Waals surface area contributed by atoms with E-state index in [0.717, 1.165) is 29.4 Å². The molecule has 0 aliphatic heterocycles. The van der Waals surface area contributed by atoms with Crippen LogP contribution in [-0.4, -0.2) is 26.9 Å². The van der Waals surface area contributed by atoms with Crippen LogP contribution < -0.4 is 0 Å². The van der Waals surface area contributed by atoms with E-state index in [1.54, 1.807) is 6.20 Å². The molecule has 0 fully saturated rings. The summed E-state index contributed by atoms with van der Waals surface area (Å²) in [4.78, 5) is 4.19. The highest BCUT2D eigenvalue weighted by Crippen LogP contribution is 2.10. The third-order valence-electron chi connectivity index (χ3n) is 1.97. The Morgan fingerprint density at radius 1 is 1.38 bits per heavy atom. The van der Waals surface area contributed by atoms with Crippen LogP contribution in [0.1, 0.15) is 12.0 Å². The summed E-state index contributed by atoms with van der Waals surface area (Å²) in [5, 5.41) is 16.4. The fraction of sp³-hybridized carbons (Fsp3) is 0.333. The number of aryl methyl sites for hydroxylation is 1. The van der Waals surface area contributed by atoms with Gasteiger partial charge < -0.3 is 5.11 Å². The van der Waals surface area contributed by atoms with Gasteiger partial charge in [0.25, 0.3) is 0 Å². The molecule has 4 heteroatoms. The van der Waals surface area contributed by atoms with E-state index in [1.807, 2.05) is 12.3 Å². The molecule has 2 N–H and O–H groups in total. The number of H-pyrrole nitrogens is 1. The standard InChI is InChI=1S/C9H11N3O/c13-3-1-2-7-4-8-6-11-12-9(8)10-5-7/h4-6,13H,1-3H2,(H,10,11,12). The lowest BCUT2D eigenvalue weighted by molar-refractivity contribution is 0.288.